The number of nitrogens with zero attached hydrogens (tertiary/aromatic N) is 3. The summed E-state index contributed by atoms with van der Waals surface area (Å²) in [5.41, 5.74) is 7.74. The number of aromatic nitrogens is 3. The average molecular weight is 216 g/mol. The van der Waals surface area contributed by atoms with Crippen molar-refractivity contribution in [1.29, 1.82) is 0 Å². The lowest BCUT2D eigenvalue weighted by molar-refractivity contribution is 0.438. The number of fused-ring (bicyclic) bond motifs is 1. The molecule has 2 heterocycles. The van der Waals surface area contributed by atoms with Gasteiger partial charge in [-0.05, 0) is 36.8 Å². The Morgan fingerprint density at radius 3 is 3.12 bits per heavy atom. The highest BCUT2D eigenvalue weighted by Gasteiger charge is 2.28. The molecule has 0 aliphatic heterocycles. The normalized spacial score (nSPS) is 17.8. The van der Waals surface area contributed by atoms with Crippen LogP contribution in [0.4, 0.5) is 5.95 Å². The van der Waals surface area contributed by atoms with Gasteiger partial charge in [-0.1, -0.05) is 6.92 Å². The third kappa shape index (κ3) is 1.54. The maximum Gasteiger partial charge on any atom is 0.202 e. The standard InChI is InChI=1S/C12H16N4/c1-8(9-4-5-9)7-16-11-10(15-12(16)13)3-2-6-14-11/h2-3,6,8-9H,4-5,7H2,1H3,(H2,13,15). The van der Waals surface area contributed by atoms with Gasteiger partial charge >= 0.3 is 0 Å². The van der Waals surface area contributed by atoms with Gasteiger partial charge in [0, 0.05) is 12.7 Å². The van der Waals surface area contributed by atoms with Gasteiger partial charge in [-0.25, -0.2) is 9.97 Å². The van der Waals surface area contributed by atoms with Gasteiger partial charge in [-0.2, -0.15) is 0 Å². The Kier molecular flexibility index (Phi) is 2.09. The molecule has 0 saturated heterocycles. The lowest BCUT2D eigenvalue weighted by Crippen LogP contribution is -2.12. The van der Waals surface area contributed by atoms with E-state index in [1.807, 2.05) is 16.7 Å². The first kappa shape index (κ1) is 9.63. The van der Waals surface area contributed by atoms with Crippen LogP contribution in [0.5, 0.6) is 0 Å². The Morgan fingerprint density at radius 1 is 1.56 bits per heavy atom. The first-order valence-electron chi connectivity index (χ1n) is 5.82. The number of pyridine rings is 1. The SMILES string of the molecule is CC(Cn1c(N)nc2cccnc21)C1CC1. The molecule has 4 nitrogen and oxygen atoms in total. The molecule has 0 radical (unpaired) electrons. The van der Waals surface area contributed by atoms with E-state index < -0.39 is 0 Å². The predicted octanol–water partition coefficient (Wildman–Crippen LogP) is 2.06. The molecule has 4 heteroatoms. The summed E-state index contributed by atoms with van der Waals surface area (Å²) in [6, 6.07) is 3.85. The molecule has 16 heavy (non-hydrogen) atoms. The van der Waals surface area contributed by atoms with Gasteiger partial charge in [0.05, 0.1) is 0 Å². The zero-order valence-corrected chi connectivity index (χ0v) is 9.43. The Balaban J connectivity index is 1.97. The molecule has 1 unspecified atom stereocenters. The molecule has 2 N–H and O–H groups in total. The molecular formula is C12H16N4. The number of nitrogens with two attached hydrogens (primary N) is 1. The largest absolute Gasteiger partial charge is 0.369 e. The molecule has 2 aromatic rings. The summed E-state index contributed by atoms with van der Waals surface area (Å²) in [5, 5.41) is 0. The summed E-state index contributed by atoms with van der Waals surface area (Å²) in [6.07, 6.45) is 4.52. The van der Waals surface area contributed by atoms with E-state index >= 15 is 0 Å². The van der Waals surface area contributed by atoms with E-state index in [0.717, 1.165) is 23.6 Å². The molecule has 84 valence electrons. The van der Waals surface area contributed by atoms with E-state index in [4.69, 9.17) is 5.73 Å². The second-order valence-electron chi connectivity index (χ2n) is 4.74. The summed E-state index contributed by atoms with van der Waals surface area (Å²) in [6.45, 7) is 3.22. The van der Waals surface area contributed by atoms with Crippen LogP contribution in [0.25, 0.3) is 11.2 Å². The molecule has 0 aromatic carbocycles. The number of hydrogen-bond donors (Lipinski definition) is 1. The van der Waals surface area contributed by atoms with Crippen LogP contribution in [-0.4, -0.2) is 14.5 Å². The van der Waals surface area contributed by atoms with Crippen LogP contribution in [0.15, 0.2) is 18.3 Å². The van der Waals surface area contributed by atoms with Crippen molar-refractivity contribution in [1.82, 2.24) is 14.5 Å². The van der Waals surface area contributed by atoms with E-state index in [1.54, 1.807) is 6.20 Å². The molecule has 0 amide bonds. The van der Waals surface area contributed by atoms with E-state index in [-0.39, 0.29) is 0 Å². The van der Waals surface area contributed by atoms with Gasteiger partial charge in [0.25, 0.3) is 0 Å². The number of anilines is 1. The van der Waals surface area contributed by atoms with E-state index in [9.17, 15) is 0 Å². The molecule has 1 fully saturated rings. The number of hydrogen-bond acceptors (Lipinski definition) is 3. The smallest absolute Gasteiger partial charge is 0.202 e. The highest BCUT2D eigenvalue weighted by Crippen LogP contribution is 2.37. The van der Waals surface area contributed by atoms with Crippen LogP contribution < -0.4 is 5.73 Å². The fraction of sp³-hybridized carbons (Fsp3) is 0.500. The first-order valence-corrected chi connectivity index (χ1v) is 5.82. The van der Waals surface area contributed by atoms with Gasteiger partial charge in [0.2, 0.25) is 5.95 Å². The zero-order valence-electron chi connectivity index (χ0n) is 9.43. The Hall–Kier alpha value is -1.58. The number of imidazole rings is 1. The minimum absolute atomic E-state index is 0.584. The van der Waals surface area contributed by atoms with E-state index in [2.05, 4.69) is 16.9 Å². The van der Waals surface area contributed by atoms with Gasteiger partial charge in [-0.15, -0.1) is 0 Å². The van der Waals surface area contributed by atoms with Crippen LogP contribution in [0.1, 0.15) is 19.8 Å². The maximum absolute atomic E-state index is 5.93. The summed E-state index contributed by atoms with van der Waals surface area (Å²) in [7, 11) is 0. The Labute approximate surface area is 94.5 Å². The monoisotopic (exact) mass is 216 g/mol. The summed E-state index contributed by atoms with van der Waals surface area (Å²) >= 11 is 0. The highest BCUT2D eigenvalue weighted by atomic mass is 15.2. The van der Waals surface area contributed by atoms with Crippen LogP contribution in [0, 0.1) is 11.8 Å². The molecule has 1 aliphatic carbocycles. The Morgan fingerprint density at radius 2 is 2.38 bits per heavy atom. The second-order valence-corrected chi connectivity index (χ2v) is 4.74. The first-order chi connectivity index (χ1) is 7.75. The van der Waals surface area contributed by atoms with Crippen molar-refractivity contribution in [3.05, 3.63) is 18.3 Å². The van der Waals surface area contributed by atoms with Crippen LogP contribution in [0.2, 0.25) is 0 Å². The van der Waals surface area contributed by atoms with E-state index in [0.29, 0.717) is 11.9 Å². The molecule has 0 bridgehead atoms. The summed E-state index contributed by atoms with van der Waals surface area (Å²) in [5.74, 6) is 2.13. The third-order valence-corrected chi connectivity index (χ3v) is 3.43. The minimum atomic E-state index is 0.584. The van der Waals surface area contributed by atoms with Crippen molar-refractivity contribution in [2.75, 3.05) is 5.73 Å². The number of nitrogen functional groups attached to an aromatic ring is 1. The molecular weight excluding hydrogens is 200 g/mol. The maximum atomic E-state index is 5.93. The average Bonchev–Trinajstić information content (AvgIpc) is 3.06. The zero-order chi connectivity index (χ0) is 11.1. The van der Waals surface area contributed by atoms with Crippen molar-refractivity contribution < 1.29 is 0 Å². The van der Waals surface area contributed by atoms with Crippen LogP contribution >= 0.6 is 0 Å². The quantitative estimate of drug-likeness (QED) is 0.854. The van der Waals surface area contributed by atoms with E-state index in [1.165, 1.54) is 12.8 Å². The minimum Gasteiger partial charge on any atom is -0.369 e. The van der Waals surface area contributed by atoms with Gasteiger partial charge in [0.15, 0.2) is 5.65 Å². The topological polar surface area (TPSA) is 56.7 Å². The lowest BCUT2D eigenvalue weighted by atomic mass is 10.1. The predicted molar refractivity (Wildman–Crippen MR) is 63.8 cm³/mol. The van der Waals surface area contributed by atoms with Crippen molar-refractivity contribution in [2.24, 2.45) is 11.8 Å². The van der Waals surface area contributed by atoms with Crippen molar-refractivity contribution in [3.8, 4) is 0 Å². The summed E-state index contributed by atoms with van der Waals surface area (Å²) in [4.78, 5) is 8.68. The van der Waals surface area contributed by atoms with Crippen molar-refractivity contribution in [2.45, 2.75) is 26.3 Å². The van der Waals surface area contributed by atoms with Gasteiger partial charge < -0.3 is 5.73 Å². The molecule has 3 rings (SSSR count). The van der Waals surface area contributed by atoms with Crippen molar-refractivity contribution >= 4 is 17.1 Å². The van der Waals surface area contributed by atoms with Crippen LogP contribution in [-0.2, 0) is 6.54 Å². The second kappa shape index (κ2) is 3.47. The molecule has 0 spiro atoms. The van der Waals surface area contributed by atoms with Gasteiger partial charge in [0.1, 0.15) is 5.52 Å². The fourth-order valence-electron chi connectivity index (χ4n) is 2.26. The van der Waals surface area contributed by atoms with Gasteiger partial charge in [-0.3, -0.25) is 4.57 Å². The fourth-order valence-corrected chi connectivity index (χ4v) is 2.26. The molecule has 1 aliphatic rings. The summed E-state index contributed by atoms with van der Waals surface area (Å²) < 4.78 is 2.04. The van der Waals surface area contributed by atoms with Crippen LogP contribution in [0.3, 0.4) is 0 Å². The third-order valence-electron chi connectivity index (χ3n) is 3.43. The molecule has 1 saturated carbocycles. The molecule has 2 aromatic heterocycles. The molecule has 1 atom stereocenters. The number of rotatable bonds is 3. The highest BCUT2D eigenvalue weighted by molar-refractivity contribution is 5.73. The van der Waals surface area contributed by atoms with Crippen molar-refractivity contribution in [3.63, 3.8) is 0 Å². The lowest BCUT2D eigenvalue weighted by Gasteiger charge is -2.12. The Bertz CT molecular complexity index is 513.